The molecule has 3 N–H and O–H groups in total. The average Bonchev–Trinajstić information content (AvgIpc) is 2.34. The van der Waals surface area contributed by atoms with E-state index in [0.717, 1.165) is 5.56 Å². The first-order valence-electron chi connectivity index (χ1n) is 7.10. The first-order valence-corrected chi connectivity index (χ1v) is 7.10. The van der Waals surface area contributed by atoms with Crippen LogP contribution in [0.1, 0.15) is 39.2 Å². The molecule has 0 aliphatic rings. The number of rotatable bonds is 6. The lowest BCUT2D eigenvalue weighted by molar-refractivity contribution is -0.137. The molecule has 0 bridgehead atoms. The molecule has 2 amide bonds. The molecule has 1 aromatic rings. The van der Waals surface area contributed by atoms with Gasteiger partial charge in [-0.2, -0.15) is 0 Å². The Labute approximate surface area is 125 Å². The zero-order chi connectivity index (χ0) is 15.9. The minimum absolute atomic E-state index is 0.0350. The minimum atomic E-state index is -0.855. The van der Waals surface area contributed by atoms with E-state index in [9.17, 15) is 9.59 Å². The van der Waals surface area contributed by atoms with Crippen molar-refractivity contribution < 1.29 is 14.7 Å². The summed E-state index contributed by atoms with van der Waals surface area (Å²) >= 11 is 0. The standard InChI is InChI=1S/C16H24N2O3/c1-16(2,3)18-15(21)17-13(9-10-14(19)20)11-12-7-5-4-6-8-12/h4-8,13H,9-11H2,1-3H3,(H,19,20)(H2,17,18,21). The van der Waals surface area contributed by atoms with Crippen molar-refractivity contribution in [2.24, 2.45) is 0 Å². The molecule has 0 aromatic heterocycles. The summed E-state index contributed by atoms with van der Waals surface area (Å²) in [6.45, 7) is 5.70. The van der Waals surface area contributed by atoms with Crippen LogP contribution in [-0.2, 0) is 11.2 Å². The van der Waals surface area contributed by atoms with E-state index in [0.29, 0.717) is 12.8 Å². The van der Waals surface area contributed by atoms with Gasteiger partial charge in [-0.15, -0.1) is 0 Å². The normalized spacial score (nSPS) is 12.5. The molecule has 1 rings (SSSR count). The third-order valence-corrected chi connectivity index (χ3v) is 2.86. The maximum Gasteiger partial charge on any atom is 0.315 e. The van der Waals surface area contributed by atoms with Gasteiger partial charge in [0.25, 0.3) is 0 Å². The van der Waals surface area contributed by atoms with Gasteiger partial charge in [-0.05, 0) is 39.2 Å². The van der Waals surface area contributed by atoms with Crippen molar-refractivity contribution in [1.82, 2.24) is 10.6 Å². The average molecular weight is 292 g/mol. The highest BCUT2D eigenvalue weighted by atomic mass is 16.4. The third-order valence-electron chi connectivity index (χ3n) is 2.86. The molecule has 0 spiro atoms. The van der Waals surface area contributed by atoms with Crippen molar-refractivity contribution in [1.29, 1.82) is 0 Å². The first kappa shape index (κ1) is 17.0. The van der Waals surface area contributed by atoms with Gasteiger partial charge in [-0.25, -0.2) is 4.79 Å². The number of nitrogens with one attached hydrogen (secondary N) is 2. The predicted octanol–water partition coefficient (Wildman–Crippen LogP) is 2.56. The fourth-order valence-electron chi connectivity index (χ4n) is 1.98. The summed E-state index contributed by atoms with van der Waals surface area (Å²) in [5, 5.41) is 14.5. The van der Waals surface area contributed by atoms with Gasteiger partial charge in [0.05, 0.1) is 0 Å². The largest absolute Gasteiger partial charge is 0.481 e. The van der Waals surface area contributed by atoms with Gasteiger partial charge in [-0.3, -0.25) is 4.79 Å². The minimum Gasteiger partial charge on any atom is -0.481 e. The van der Waals surface area contributed by atoms with Crippen LogP contribution in [0.5, 0.6) is 0 Å². The molecule has 0 radical (unpaired) electrons. The zero-order valence-electron chi connectivity index (χ0n) is 12.8. The molecule has 5 heteroatoms. The van der Waals surface area contributed by atoms with Crippen LogP contribution in [0.15, 0.2) is 30.3 Å². The molecule has 116 valence electrons. The van der Waals surface area contributed by atoms with Crippen LogP contribution >= 0.6 is 0 Å². The number of carboxylic acid groups (broad SMARTS) is 1. The second-order valence-electron chi connectivity index (χ2n) is 6.17. The number of urea groups is 1. The highest BCUT2D eigenvalue weighted by Gasteiger charge is 2.18. The maximum absolute atomic E-state index is 11.9. The van der Waals surface area contributed by atoms with Crippen molar-refractivity contribution >= 4 is 12.0 Å². The molecule has 0 heterocycles. The molecule has 0 saturated carbocycles. The van der Waals surface area contributed by atoms with Crippen LogP contribution < -0.4 is 10.6 Å². The lowest BCUT2D eigenvalue weighted by Gasteiger charge is -2.24. The van der Waals surface area contributed by atoms with Crippen LogP contribution in [-0.4, -0.2) is 28.7 Å². The predicted molar refractivity (Wildman–Crippen MR) is 82.2 cm³/mol. The van der Waals surface area contributed by atoms with Gasteiger partial charge in [-0.1, -0.05) is 30.3 Å². The number of amides is 2. The van der Waals surface area contributed by atoms with E-state index >= 15 is 0 Å². The summed E-state index contributed by atoms with van der Waals surface area (Å²) in [5.41, 5.74) is 0.748. The Morgan fingerprint density at radius 1 is 1.19 bits per heavy atom. The number of hydrogen-bond acceptors (Lipinski definition) is 2. The monoisotopic (exact) mass is 292 g/mol. The highest BCUT2D eigenvalue weighted by molar-refractivity contribution is 5.75. The third kappa shape index (κ3) is 7.97. The molecule has 0 aliphatic heterocycles. The van der Waals surface area contributed by atoms with E-state index in [2.05, 4.69) is 10.6 Å². The zero-order valence-corrected chi connectivity index (χ0v) is 12.8. The first-order chi connectivity index (χ1) is 9.76. The molecule has 0 saturated heterocycles. The summed E-state index contributed by atoms with van der Waals surface area (Å²) in [6.07, 6.45) is 1.06. The summed E-state index contributed by atoms with van der Waals surface area (Å²) in [6, 6.07) is 9.25. The summed E-state index contributed by atoms with van der Waals surface area (Å²) in [7, 11) is 0. The van der Waals surface area contributed by atoms with Gasteiger partial charge in [0.1, 0.15) is 0 Å². The van der Waals surface area contributed by atoms with Gasteiger partial charge in [0.15, 0.2) is 0 Å². The summed E-state index contributed by atoms with van der Waals surface area (Å²) in [5.74, 6) is -0.855. The van der Waals surface area contributed by atoms with Gasteiger partial charge in [0.2, 0.25) is 0 Å². The van der Waals surface area contributed by atoms with Crippen molar-refractivity contribution in [3.63, 3.8) is 0 Å². The van der Waals surface area contributed by atoms with Crippen LogP contribution in [0, 0.1) is 0 Å². The van der Waals surface area contributed by atoms with Crippen molar-refractivity contribution in [3.05, 3.63) is 35.9 Å². The van der Waals surface area contributed by atoms with Crippen LogP contribution in [0.4, 0.5) is 4.79 Å². The van der Waals surface area contributed by atoms with E-state index in [4.69, 9.17) is 5.11 Å². The lowest BCUT2D eigenvalue weighted by atomic mass is 10.0. The molecule has 0 aliphatic carbocycles. The van der Waals surface area contributed by atoms with E-state index in [1.54, 1.807) is 0 Å². The van der Waals surface area contributed by atoms with E-state index in [1.165, 1.54) is 0 Å². The van der Waals surface area contributed by atoms with Crippen LogP contribution in [0.25, 0.3) is 0 Å². The summed E-state index contributed by atoms with van der Waals surface area (Å²) in [4.78, 5) is 22.7. The lowest BCUT2D eigenvalue weighted by Crippen LogP contribution is -2.50. The fraction of sp³-hybridized carbons (Fsp3) is 0.500. The topological polar surface area (TPSA) is 78.4 Å². The second kappa shape index (κ2) is 7.67. The molecule has 0 fully saturated rings. The number of carboxylic acids is 1. The highest BCUT2D eigenvalue weighted by Crippen LogP contribution is 2.08. The Kier molecular flexibility index (Phi) is 6.21. The second-order valence-corrected chi connectivity index (χ2v) is 6.17. The van der Waals surface area contributed by atoms with Crippen molar-refractivity contribution in [2.45, 2.75) is 51.6 Å². The van der Waals surface area contributed by atoms with Gasteiger partial charge < -0.3 is 15.7 Å². The van der Waals surface area contributed by atoms with E-state index in [-0.39, 0.29) is 24.0 Å². The Morgan fingerprint density at radius 2 is 1.81 bits per heavy atom. The molecular formula is C16H24N2O3. The number of carbonyl (C=O) groups excluding carboxylic acids is 1. The number of hydrogen-bond donors (Lipinski definition) is 3. The number of benzene rings is 1. The van der Waals surface area contributed by atoms with E-state index in [1.807, 2.05) is 51.1 Å². The maximum atomic E-state index is 11.9. The smallest absolute Gasteiger partial charge is 0.315 e. The Bertz CT molecular complexity index is 466. The SMILES string of the molecule is CC(C)(C)NC(=O)NC(CCC(=O)O)Cc1ccccc1. The summed E-state index contributed by atoms with van der Waals surface area (Å²) < 4.78 is 0. The molecule has 5 nitrogen and oxygen atoms in total. The molecular weight excluding hydrogens is 268 g/mol. The molecule has 1 aromatic carbocycles. The molecule has 1 atom stereocenters. The fourth-order valence-corrected chi connectivity index (χ4v) is 1.98. The quantitative estimate of drug-likeness (QED) is 0.754. The number of carbonyl (C=O) groups is 2. The van der Waals surface area contributed by atoms with Crippen molar-refractivity contribution in [3.8, 4) is 0 Å². The van der Waals surface area contributed by atoms with Gasteiger partial charge in [0, 0.05) is 18.0 Å². The Balaban J connectivity index is 2.63. The van der Waals surface area contributed by atoms with Crippen LogP contribution in [0.2, 0.25) is 0 Å². The molecule has 21 heavy (non-hydrogen) atoms. The van der Waals surface area contributed by atoms with Gasteiger partial charge >= 0.3 is 12.0 Å². The van der Waals surface area contributed by atoms with Crippen molar-refractivity contribution in [2.75, 3.05) is 0 Å². The number of aliphatic carboxylic acids is 1. The Hall–Kier alpha value is -2.04. The van der Waals surface area contributed by atoms with Crippen LogP contribution in [0.3, 0.4) is 0 Å². The Morgan fingerprint density at radius 3 is 2.33 bits per heavy atom. The van der Waals surface area contributed by atoms with E-state index < -0.39 is 5.97 Å². The molecule has 1 unspecified atom stereocenters.